The molecule has 2 aromatic rings. The van der Waals surface area contributed by atoms with Gasteiger partial charge < -0.3 is 9.32 Å². The number of benzene rings is 1. The number of carbonyl (C=O) groups excluding carboxylic acids is 1. The minimum absolute atomic E-state index is 0.0116. The van der Waals surface area contributed by atoms with Crippen LogP contribution in [0.3, 0.4) is 0 Å². The van der Waals surface area contributed by atoms with Gasteiger partial charge in [0.05, 0.1) is 12.8 Å². The fraction of sp³-hybridized carbons (Fsp3) is 0.267. The number of hydrogen-bond acceptors (Lipinski definition) is 2. The normalized spacial score (nSPS) is 21.8. The van der Waals surface area contributed by atoms with Crippen LogP contribution in [0.4, 0.5) is 13.2 Å². The highest BCUT2D eigenvalue weighted by molar-refractivity contribution is 5.91. The Balaban J connectivity index is 1.83. The molecule has 1 aromatic carbocycles. The standard InChI is InChI=1S/C15H12F3NO2/c16-11-6-10(7-12(17)8-11)15(18)3-4-19(9-15)14(20)13-2-1-5-21-13/h1-2,5-8H,3-4,9H2/t15-/m1/s1. The minimum atomic E-state index is -1.95. The molecule has 3 rings (SSSR count). The van der Waals surface area contributed by atoms with E-state index < -0.39 is 23.2 Å². The molecule has 0 spiro atoms. The number of rotatable bonds is 2. The van der Waals surface area contributed by atoms with E-state index in [1.54, 1.807) is 6.07 Å². The predicted molar refractivity (Wildman–Crippen MR) is 68.4 cm³/mol. The van der Waals surface area contributed by atoms with Gasteiger partial charge >= 0.3 is 0 Å². The van der Waals surface area contributed by atoms with E-state index in [4.69, 9.17) is 4.42 Å². The molecule has 1 aliphatic heterocycles. The van der Waals surface area contributed by atoms with Crippen LogP contribution in [0, 0.1) is 11.6 Å². The van der Waals surface area contributed by atoms with Gasteiger partial charge in [-0.3, -0.25) is 4.79 Å². The zero-order valence-electron chi connectivity index (χ0n) is 11.0. The number of hydrogen-bond donors (Lipinski definition) is 0. The zero-order chi connectivity index (χ0) is 15.0. The number of likely N-dealkylation sites (tertiary alicyclic amines) is 1. The molecule has 1 atom stereocenters. The van der Waals surface area contributed by atoms with Gasteiger partial charge in [0.1, 0.15) is 11.6 Å². The lowest BCUT2D eigenvalue weighted by Crippen LogP contribution is -2.32. The van der Waals surface area contributed by atoms with Crippen LogP contribution in [-0.4, -0.2) is 23.9 Å². The Morgan fingerprint density at radius 2 is 1.95 bits per heavy atom. The van der Waals surface area contributed by atoms with E-state index in [1.165, 1.54) is 17.2 Å². The van der Waals surface area contributed by atoms with Crippen molar-refractivity contribution < 1.29 is 22.4 Å². The molecule has 21 heavy (non-hydrogen) atoms. The lowest BCUT2D eigenvalue weighted by Gasteiger charge is -2.21. The van der Waals surface area contributed by atoms with Crippen molar-refractivity contribution in [3.05, 3.63) is 59.6 Å². The van der Waals surface area contributed by atoms with Gasteiger partial charge in [0, 0.05) is 19.0 Å². The van der Waals surface area contributed by atoms with Gasteiger partial charge in [0.25, 0.3) is 5.91 Å². The minimum Gasteiger partial charge on any atom is -0.459 e. The molecule has 6 heteroatoms. The van der Waals surface area contributed by atoms with Crippen molar-refractivity contribution in [2.45, 2.75) is 12.1 Å². The Bertz CT molecular complexity index is 651. The summed E-state index contributed by atoms with van der Waals surface area (Å²) in [5, 5.41) is 0. The van der Waals surface area contributed by atoms with Crippen molar-refractivity contribution in [2.75, 3.05) is 13.1 Å². The molecule has 1 amide bonds. The number of furan rings is 1. The summed E-state index contributed by atoms with van der Waals surface area (Å²) < 4.78 is 46.3. The lowest BCUT2D eigenvalue weighted by atomic mass is 9.95. The SMILES string of the molecule is O=C(c1ccco1)N1CC[C@](F)(c2cc(F)cc(F)c2)C1. The number of amides is 1. The Morgan fingerprint density at radius 1 is 1.24 bits per heavy atom. The van der Waals surface area contributed by atoms with Gasteiger partial charge in [0.2, 0.25) is 0 Å². The molecule has 0 unspecified atom stereocenters. The Morgan fingerprint density at radius 3 is 2.57 bits per heavy atom. The van der Waals surface area contributed by atoms with E-state index in [-0.39, 0.29) is 30.8 Å². The second kappa shape index (κ2) is 4.95. The highest BCUT2D eigenvalue weighted by Gasteiger charge is 2.42. The summed E-state index contributed by atoms with van der Waals surface area (Å²) in [6, 6.07) is 5.66. The molecular weight excluding hydrogens is 283 g/mol. The predicted octanol–water partition coefficient (Wildman–Crippen LogP) is 3.27. The van der Waals surface area contributed by atoms with Gasteiger partial charge in [-0.1, -0.05) is 0 Å². The molecule has 0 N–H and O–H groups in total. The third-order valence-electron chi connectivity index (χ3n) is 3.62. The van der Waals surface area contributed by atoms with Crippen molar-refractivity contribution in [1.82, 2.24) is 4.90 Å². The van der Waals surface area contributed by atoms with Gasteiger partial charge in [-0.05, 0) is 29.8 Å². The Kier molecular flexibility index (Phi) is 3.23. The quantitative estimate of drug-likeness (QED) is 0.852. The topological polar surface area (TPSA) is 33.5 Å². The first-order chi connectivity index (χ1) is 9.98. The third kappa shape index (κ3) is 2.53. The van der Waals surface area contributed by atoms with Crippen molar-refractivity contribution in [2.24, 2.45) is 0 Å². The molecule has 1 saturated heterocycles. The van der Waals surface area contributed by atoms with Crippen LogP contribution in [0.2, 0.25) is 0 Å². The molecule has 110 valence electrons. The molecule has 1 aliphatic rings. The van der Waals surface area contributed by atoms with Crippen LogP contribution in [0.15, 0.2) is 41.0 Å². The maximum absolute atomic E-state index is 14.9. The molecule has 1 fully saturated rings. The lowest BCUT2D eigenvalue weighted by molar-refractivity contribution is 0.0719. The highest BCUT2D eigenvalue weighted by Crippen LogP contribution is 2.37. The summed E-state index contributed by atoms with van der Waals surface area (Å²) in [5.74, 6) is -1.99. The maximum Gasteiger partial charge on any atom is 0.289 e. The van der Waals surface area contributed by atoms with Crippen LogP contribution in [0.1, 0.15) is 22.5 Å². The first kappa shape index (κ1) is 13.7. The van der Waals surface area contributed by atoms with Gasteiger partial charge in [-0.2, -0.15) is 0 Å². The summed E-state index contributed by atoms with van der Waals surface area (Å²) in [7, 11) is 0. The van der Waals surface area contributed by atoms with Gasteiger partial charge in [0.15, 0.2) is 11.4 Å². The van der Waals surface area contributed by atoms with E-state index in [9.17, 15) is 18.0 Å². The molecule has 1 aromatic heterocycles. The summed E-state index contributed by atoms with van der Waals surface area (Å²) in [6.45, 7) is -0.0937. The highest BCUT2D eigenvalue weighted by atomic mass is 19.1. The zero-order valence-corrected chi connectivity index (χ0v) is 11.0. The van der Waals surface area contributed by atoms with E-state index >= 15 is 0 Å². The largest absolute Gasteiger partial charge is 0.459 e. The van der Waals surface area contributed by atoms with Crippen molar-refractivity contribution in [1.29, 1.82) is 0 Å². The van der Waals surface area contributed by atoms with E-state index in [0.29, 0.717) is 6.07 Å². The molecule has 3 nitrogen and oxygen atoms in total. The fourth-order valence-corrected chi connectivity index (χ4v) is 2.55. The number of halogens is 3. The van der Waals surface area contributed by atoms with Crippen LogP contribution in [0.5, 0.6) is 0 Å². The van der Waals surface area contributed by atoms with Gasteiger partial charge in [-0.15, -0.1) is 0 Å². The average molecular weight is 295 g/mol. The van der Waals surface area contributed by atoms with E-state index in [1.807, 2.05) is 0 Å². The number of carbonyl (C=O) groups is 1. The Labute approximate surface area is 119 Å². The second-order valence-corrected chi connectivity index (χ2v) is 5.08. The molecule has 0 radical (unpaired) electrons. The Hall–Kier alpha value is -2.24. The van der Waals surface area contributed by atoms with Crippen LogP contribution in [0.25, 0.3) is 0 Å². The molecule has 0 aliphatic carbocycles. The molecule has 2 heterocycles. The summed E-state index contributed by atoms with van der Waals surface area (Å²) in [6.07, 6.45) is 1.34. The van der Waals surface area contributed by atoms with Gasteiger partial charge in [-0.25, -0.2) is 13.2 Å². The molecule has 0 saturated carbocycles. The van der Waals surface area contributed by atoms with Crippen molar-refractivity contribution in [3.8, 4) is 0 Å². The van der Waals surface area contributed by atoms with E-state index in [0.717, 1.165) is 12.1 Å². The van der Waals surface area contributed by atoms with Crippen LogP contribution >= 0.6 is 0 Å². The first-order valence-electron chi connectivity index (χ1n) is 6.46. The second-order valence-electron chi connectivity index (χ2n) is 5.08. The number of alkyl halides is 1. The monoisotopic (exact) mass is 295 g/mol. The van der Waals surface area contributed by atoms with Crippen molar-refractivity contribution in [3.63, 3.8) is 0 Å². The molecular formula is C15H12F3NO2. The fourth-order valence-electron chi connectivity index (χ4n) is 2.55. The first-order valence-corrected chi connectivity index (χ1v) is 6.46. The van der Waals surface area contributed by atoms with Crippen LogP contribution in [-0.2, 0) is 5.67 Å². The summed E-state index contributed by atoms with van der Waals surface area (Å²) in [4.78, 5) is 13.4. The maximum atomic E-state index is 14.9. The third-order valence-corrected chi connectivity index (χ3v) is 3.62. The number of nitrogens with zero attached hydrogens (tertiary/aromatic N) is 1. The summed E-state index contributed by atoms with van der Waals surface area (Å²) in [5.41, 5.74) is -2.04. The van der Waals surface area contributed by atoms with Crippen LogP contribution < -0.4 is 0 Å². The average Bonchev–Trinajstić information content (AvgIpc) is 3.07. The summed E-state index contributed by atoms with van der Waals surface area (Å²) >= 11 is 0. The smallest absolute Gasteiger partial charge is 0.289 e. The van der Waals surface area contributed by atoms with Crippen molar-refractivity contribution >= 4 is 5.91 Å². The molecule has 0 bridgehead atoms. The van der Waals surface area contributed by atoms with E-state index in [2.05, 4.69) is 0 Å².